The molecule has 1 aromatic carbocycles. The highest BCUT2D eigenvalue weighted by molar-refractivity contribution is 5.32. The van der Waals surface area contributed by atoms with Crippen LogP contribution in [0, 0.1) is 0 Å². The van der Waals surface area contributed by atoms with Crippen molar-refractivity contribution in [2.75, 3.05) is 14.2 Å². The molecule has 0 spiro atoms. The summed E-state index contributed by atoms with van der Waals surface area (Å²) in [5, 5.41) is 0. The van der Waals surface area contributed by atoms with Crippen LogP contribution in [0.5, 0.6) is 0 Å². The standard InChI is InChI=1S/C16H18O5/c1-17-14-9-8-12-10-13(11-6-4-3-5-7-11)20-21-15(12)16(18-2)19-14/h3-10,13-16H,1-2H3/t13-,14-,15+,16-/m1/s1. The van der Waals surface area contributed by atoms with Crippen LogP contribution >= 0.6 is 0 Å². The Labute approximate surface area is 123 Å². The molecule has 5 heteroatoms. The predicted octanol–water partition coefficient (Wildman–Crippen LogP) is 2.52. The molecule has 0 unspecified atom stereocenters. The molecule has 4 atom stereocenters. The molecular weight excluding hydrogens is 272 g/mol. The average Bonchev–Trinajstić information content (AvgIpc) is 2.74. The van der Waals surface area contributed by atoms with Gasteiger partial charge in [0.1, 0.15) is 6.10 Å². The third-order valence-electron chi connectivity index (χ3n) is 3.49. The molecule has 0 saturated heterocycles. The van der Waals surface area contributed by atoms with Crippen molar-refractivity contribution < 1.29 is 24.0 Å². The van der Waals surface area contributed by atoms with Crippen LogP contribution < -0.4 is 0 Å². The molecule has 112 valence electrons. The van der Waals surface area contributed by atoms with E-state index >= 15 is 0 Å². The third kappa shape index (κ3) is 3.07. The lowest BCUT2D eigenvalue weighted by atomic mass is 10.0. The lowest BCUT2D eigenvalue weighted by Gasteiger charge is -2.30. The van der Waals surface area contributed by atoms with Gasteiger partial charge in [0, 0.05) is 14.2 Å². The summed E-state index contributed by atoms with van der Waals surface area (Å²) in [4.78, 5) is 11.0. The number of fused-ring (bicyclic) bond motifs is 1. The Morgan fingerprint density at radius 3 is 2.52 bits per heavy atom. The minimum absolute atomic E-state index is 0.251. The molecule has 0 aromatic heterocycles. The Balaban J connectivity index is 1.88. The lowest BCUT2D eigenvalue weighted by molar-refractivity contribution is -0.382. The van der Waals surface area contributed by atoms with E-state index in [9.17, 15) is 0 Å². The van der Waals surface area contributed by atoms with Crippen molar-refractivity contribution >= 4 is 0 Å². The highest BCUT2D eigenvalue weighted by Crippen LogP contribution is 2.32. The highest BCUT2D eigenvalue weighted by atomic mass is 17.2. The van der Waals surface area contributed by atoms with E-state index < -0.39 is 18.7 Å². The minimum atomic E-state index is -0.590. The zero-order valence-electron chi connectivity index (χ0n) is 12.0. The maximum atomic E-state index is 5.64. The first-order valence-electron chi connectivity index (χ1n) is 6.80. The van der Waals surface area contributed by atoms with E-state index in [-0.39, 0.29) is 6.10 Å². The van der Waals surface area contributed by atoms with Gasteiger partial charge in [-0.25, -0.2) is 9.78 Å². The van der Waals surface area contributed by atoms with Crippen LogP contribution in [0.4, 0.5) is 0 Å². The van der Waals surface area contributed by atoms with Crippen LogP contribution in [0.2, 0.25) is 0 Å². The van der Waals surface area contributed by atoms with Crippen molar-refractivity contribution in [1.29, 1.82) is 0 Å². The summed E-state index contributed by atoms with van der Waals surface area (Å²) in [7, 11) is 3.14. The Hall–Kier alpha value is -1.50. The van der Waals surface area contributed by atoms with Crippen LogP contribution in [-0.4, -0.2) is 32.9 Å². The van der Waals surface area contributed by atoms with Gasteiger partial charge in [0.2, 0.25) is 0 Å². The zero-order valence-corrected chi connectivity index (χ0v) is 12.0. The monoisotopic (exact) mass is 290 g/mol. The van der Waals surface area contributed by atoms with E-state index in [1.807, 2.05) is 48.6 Å². The number of rotatable bonds is 3. The normalized spacial score (nSPS) is 32.2. The second-order valence-corrected chi connectivity index (χ2v) is 4.81. The Kier molecular flexibility index (Phi) is 4.48. The molecule has 1 aromatic rings. The first kappa shape index (κ1) is 14.4. The van der Waals surface area contributed by atoms with Crippen LogP contribution in [0.1, 0.15) is 11.7 Å². The van der Waals surface area contributed by atoms with E-state index in [0.29, 0.717) is 0 Å². The van der Waals surface area contributed by atoms with Gasteiger partial charge in [0.15, 0.2) is 18.7 Å². The molecule has 2 aliphatic heterocycles. The van der Waals surface area contributed by atoms with Gasteiger partial charge in [0.25, 0.3) is 0 Å². The highest BCUT2D eigenvalue weighted by Gasteiger charge is 2.35. The van der Waals surface area contributed by atoms with Crippen LogP contribution in [0.25, 0.3) is 0 Å². The molecule has 21 heavy (non-hydrogen) atoms. The zero-order chi connectivity index (χ0) is 14.7. The van der Waals surface area contributed by atoms with Crippen LogP contribution in [0.15, 0.2) is 54.1 Å². The van der Waals surface area contributed by atoms with E-state index in [0.717, 1.165) is 11.1 Å². The fourth-order valence-electron chi connectivity index (χ4n) is 2.37. The number of methoxy groups -OCH3 is 2. The van der Waals surface area contributed by atoms with E-state index in [2.05, 4.69) is 0 Å². The van der Waals surface area contributed by atoms with Crippen molar-refractivity contribution in [3.63, 3.8) is 0 Å². The molecular formula is C16H18O5. The first-order chi connectivity index (χ1) is 10.3. The second-order valence-electron chi connectivity index (χ2n) is 4.81. The summed E-state index contributed by atoms with van der Waals surface area (Å²) in [6.07, 6.45) is 4.01. The summed E-state index contributed by atoms with van der Waals surface area (Å²) in [5.41, 5.74) is 1.97. The van der Waals surface area contributed by atoms with Crippen molar-refractivity contribution in [1.82, 2.24) is 0 Å². The molecule has 0 N–H and O–H groups in total. The predicted molar refractivity (Wildman–Crippen MR) is 75.0 cm³/mol. The van der Waals surface area contributed by atoms with Gasteiger partial charge in [-0.1, -0.05) is 36.4 Å². The molecule has 2 heterocycles. The van der Waals surface area contributed by atoms with Crippen molar-refractivity contribution in [2.45, 2.75) is 24.8 Å². The van der Waals surface area contributed by atoms with Gasteiger partial charge in [-0.3, -0.25) is 0 Å². The Morgan fingerprint density at radius 1 is 1.00 bits per heavy atom. The largest absolute Gasteiger partial charge is 0.353 e. The average molecular weight is 290 g/mol. The topological polar surface area (TPSA) is 46.2 Å². The molecule has 5 nitrogen and oxygen atoms in total. The molecule has 0 saturated carbocycles. The van der Waals surface area contributed by atoms with Crippen LogP contribution in [0.3, 0.4) is 0 Å². The quantitative estimate of drug-likeness (QED) is 0.800. The van der Waals surface area contributed by atoms with E-state index in [1.165, 1.54) is 0 Å². The third-order valence-corrected chi connectivity index (χ3v) is 3.49. The fourth-order valence-corrected chi connectivity index (χ4v) is 2.37. The number of hydrogen-bond donors (Lipinski definition) is 0. The smallest absolute Gasteiger partial charge is 0.194 e. The molecule has 0 amide bonds. The SMILES string of the molecule is CO[C@H]1C=CC2=C[C@H](c3ccccc3)OO[C@@H]2[C@H](OC)O1. The number of ether oxygens (including phenoxy) is 3. The lowest BCUT2D eigenvalue weighted by Crippen LogP contribution is -2.38. The minimum Gasteiger partial charge on any atom is -0.353 e. The van der Waals surface area contributed by atoms with E-state index in [1.54, 1.807) is 14.2 Å². The maximum absolute atomic E-state index is 5.64. The van der Waals surface area contributed by atoms with Crippen LogP contribution in [-0.2, 0) is 24.0 Å². The summed E-state index contributed by atoms with van der Waals surface area (Å²) < 4.78 is 16.2. The van der Waals surface area contributed by atoms with Crippen molar-refractivity contribution in [2.24, 2.45) is 0 Å². The van der Waals surface area contributed by atoms with Gasteiger partial charge in [0.05, 0.1) is 0 Å². The maximum Gasteiger partial charge on any atom is 0.194 e. The summed E-state index contributed by atoms with van der Waals surface area (Å²) >= 11 is 0. The molecule has 0 radical (unpaired) electrons. The number of hydrogen-bond acceptors (Lipinski definition) is 5. The van der Waals surface area contributed by atoms with Crippen molar-refractivity contribution in [3.8, 4) is 0 Å². The Morgan fingerprint density at radius 2 is 1.81 bits per heavy atom. The summed E-state index contributed by atoms with van der Waals surface area (Å²) in [5.74, 6) is 0. The Bertz CT molecular complexity index is 525. The summed E-state index contributed by atoms with van der Waals surface area (Å²) in [6.45, 7) is 0. The van der Waals surface area contributed by atoms with Crippen molar-refractivity contribution in [3.05, 3.63) is 59.7 Å². The summed E-state index contributed by atoms with van der Waals surface area (Å²) in [6, 6.07) is 9.89. The van der Waals surface area contributed by atoms with E-state index in [4.69, 9.17) is 24.0 Å². The fraction of sp³-hybridized carbons (Fsp3) is 0.375. The number of benzene rings is 1. The van der Waals surface area contributed by atoms with Gasteiger partial charge in [-0.15, -0.1) is 0 Å². The molecule has 3 rings (SSSR count). The molecule has 0 fully saturated rings. The van der Waals surface area contributed by atoms with Gasteiger partial charge in [-0.2, -0.15) is 0 Å². The van der Waals surface area contributed by atoms with Gasteiger partial charge >= 0.3 is 0 Å². The first-order valence-corrected chi connectivity index (χ1v) is 6.80. The molecule has 0 bridgehead atoms. The second kappa shape index (κ2) is 6.51. The molecule has 2 aliphatic rings. The van der Waals surface area contributed by atoms with Gasteiger partial charge in [-0.05, 0) is 23.3 Å². The van der Waals surface area contributed by atoms with Gasteiger partial charge < -0.3 is 14.2 Å². The molecule has 0 aliphatic carbocycles.